The minimum atomic E-state index is -1.04. The van der Waals surface area contributed by atoms with Crippen LogP contribution in [0, 0.1) is 17.7 Å². The largest absolute Gasteiger partial charge is 0.388 e. The van der Waals surface area contributed by atoms with Crippen molar-refractivity contribution in [1.29, 1.82) is 0 Å². The Hall–Kier alpha value is -2.04. The Labute approximate surface area is 202 Å². The molecule has 4 atom stereocenters. The number of anilines is 2. The van der Waals surface area contributed by atoms with E-state index in [1.54, 1.807) is 6.92 Å². The van der Waals surface area contributed by atoms with Crippen molar-refractivity contribution in [3.8, 4) is 0 Å². The average molecular weight is 481 g/mol. The molecule has 1 aromatic heterocycles. The molecule has 4 N–H and O–H groups in total. The van der Waals surface area contributed by atoms with E-state index in [0.29, 0.717) is 45.1 Å². The first-order valence-electron chi connectivity index (χ1n) is 12.3. The first kappa shape index (κ1) is 26.6. The molecule has 0 bridgehead atoms. The van der Waals surface area contributed by atoms with Gasteiger partial charge in [0.05, 0.1) is 24.4 Å². The summed E-state index contributed by atoms with van der Waals surface area (Å²) in [7, 11) is 0. The standard InChI is InChI=1S/C24H41FN6O3/c1-6-31(16(2)17-7-9-23(3,4)34-13-17)22-20(25)21(28-15-29-22)27-11-18-8-10-30(12-19(26)32)14-24(18,5)33/h15-18,33H,6-14H2,1-5H3,(H2,26,32)(H,27,28,29)/t16-,17+,18-,24-/m0/s1. The molecule has 0 radical (unpaired) electrons. The maximum Gasteiger partial charge on any atom is 0.231 e. The SMILES string of the molecule is CCN(c1ncnc(NC[C@@H]2CCN(CC(N)=O)C[C@]2(C)O)c1F)[C@@H](C)[C@@H]1CCC(C)(C)OC1. The van der Waals surface area contributed by atoms with Gasteiger partial charge in [0.15, 0.2) is 11.6 Å². The molecule has 0 saturated carbocycles. The van der Waals surface area contributed by atoms with Gasteiger partial charge in [0.1, 0.15) is 6.33 Å². The fraction of sp³-hybridized carbons (Fsp3) is 0.792. The lowest BCUT2D eigenvalue weighted by atomic mass is 9.82. The predicted octanol–water partition coefficient (Wildman–Crippen LogP) is 2.01. The van der Waals surface area contributed by atoms with E-state index in [-0.39, 0.29) is 35.7 Å². The second-order valence-corrected chi connectivity index (χ2v) is 10.7. The molecule has 0 aromatic carbocycles. The van der Waals surface area contributed by atoms with Crippen LogP contribution in [0.4, 0.5) is 16.0 Å². The van der Waals surface area contributed by atoms with E-state index >= 15 is 4.39 Å². The third kappa shape index (κ3) is 6.34. The first-order valence-corrected chi connectivity index (χ1v) is 12.3. The molecule has 1 amide bonds. The summed E-state index contributed by atoms with van der Waals surface area (Å²) in [5, 5.41) is 14.0. The number of β-amino-alcohol motifs (C(OH)–C–C–N with tert-alkyl or cyclic N) is 1. The number of hydrogen-bond acceptors (Lipinski definition) is 8. The highest BCUT2D eigenvalue weighted by atomic mass is 19.1. The van der Waals surface area contributed by atoms with Crippen molar-refractivity contribution in [2.24, 2.45) is 17.6 Å². The van der Waals surface area contributed by atoms with Crippen LogP contribution in [0.15, 0.2) is 6.33 Å². The van der Waals surface area contributed by atoms with Crippen LogP contribution in [0.25, 0.3) is 0 Å². The molecular formula is C24H41FN6O3. The Kier molecular flexibility index (Phi) is 8.36. The number of nitrogens with one attached hydrogen (secondary N) is 1. The van der Waals surface area contributed by atoms with Crippen molar-refractivity contribution in [2.45, 2.75) is 71.1 Å². The minimum absolute atomic E-state index is 0.0636. The van der Waals surface area contributed by atoms with Gasteiger partial charge in [0.25, 0.3) is 0 Å². The number of amides is 1. The number of hydrogen-bond donors (Lipinski definition) is 3. The Bertz CT molecular complexity index is 842. The summed E-state index contributed by atoms with van der Waals surface area (Å²) in [4.78, 5) is 23.4. The van der Waals surface area contributed by atoms with E-state index in [0.717, 1.165) is 12.8 Å². The number of nitrogens with zero attached hydrogens (tertiary/aromatic N) is 4. The summed E-state index contributed by atoms with van der Waals surface area (Å²) >= 11 is 0. The van der Waals surface area contributed by atoms with E-state index in [1.807, 2.05) is 16.7 Å². The van der Waals surface area contributed by atoms with Gasteiger partial charge in [-0.15, -0.1) is 0 Å². The molecule has 2 aliphatic heterocycles. The van der Waals surface area contributed by atoms with Gasteiger partial charge >= 0.3 is 0 Å². The summed E-state index contributed by atoms with van der Waals surface area (Å²) in [6.45, 7) is 12.8. The zero-order valence-electron chi connectivity index (χ0n) is 21.2. The molecule has 1 aromatic rings. The predicted molar refractivity (Wildman–Crippen MR) is 130 cm³/mol. The normalized spacial score (nSPS) is 28.3. The molecule has 3 heterocycles. The van der Waals surface area contributed by atoms with Crippen LogP contribution in [0.2, 0.25) is 0 Å². The molecule has 192 valence electrons. The Morgan fingerprint density at radius 2 is 2.15 bits per heavy atom. The van der Waals surface area contributed by atoms with Gasteiger partial charge in [-0.2, -0.15) is 4.39 Å². The molecule has 0 unspecified atom stereocenters. The topological polar surface area (TPSA) is 117 Å². The molecule has 0 aliphatic carbocycles. The number of primary amides is 1. The van der Waals surface area contributed by atoms with Crippen molar-refractivity contribution in [1.82, 2.24) is 14.9 Å². The quantitative estimate of drug-likeness (QED) is 0.491. The number of nitrogens with two attached hydrogens (primary N) is 1. The Morgan fingerprint density at radius 3 is 2.74 bits per heavy atom. The van der Waals surface area contributed by atoms with E-state index in [9.17, 15) is 9.90 Å². The molecule has 10 heteroatoms. The number of halogens is 1. The monoisotopic (exact) mass is 480 g/mol. The van der Waals surface area contributed by atoms with Crippen LogP contribution in [0.1, 0.15) is 53.9 Å². The number of piperidine rings is 1. The Balaban J connectivity index is 1.66. The molecule has 2 saturated heterocycles. The average Bonchev–Trinajstić information content (AvgIpc) is 2.74. The van der Waals surface area contributed by atoms with E-state index in [4.69, 9.17) is 10.5 Å². The van der Waals surface area contributed by atoms with Crippen molar-refractivity contribution in [3.63, 3.8) is 0 Å². The summed E-state index contributed by atoms with van der Waals surface area (Å²) in [5.74, 6) is -0.328. The van der Waals surface area contributed by atoms with Gasteiger partial charge in [0.2, 0.25) is 11.7 Å². The number of aromatic nitrogens is 2. The van der Waals surface area contributed by atoms with Gasteiger partial charge < -0.3 is 25.8 Å². The molecule has 34 heavy (non-hydrogen) atoms. The third-order valence-electron chi connectivity index (χ3n) is 7.48. The minimum Gasteiger partial charge on any atom is -0.388 e. The van der Waals surface area contributed by atoms with Crippen LogP contribution in [-0.2, 0) is 9.53 Å². The van der Waals surface area contributed by atoms with Gasteiger partial charge in [-0.3, -0.25) is 9.69 Å². The molecular weight excluding hydrogens is 439 g/mol. The van der Waals surface area contributed by atoms with Crippen LogP contribution in [0.5, 0.6) is 0 Å². The highest BCUT2D eigenvalue weighted by Gasteiger charge is 2.38. The molecule has 0 spiro atoms. The van der Waals surface area contributed by atoms with Crippen molar-refractivity contribution in [2.75, 3.05) is 49.5 Å². The number of likely N-dealkylation sites (tertiary alicyclic amines) is 1. The van der Waals surface area contributed by atoms with E-state index in [2.05, 4.69) is 36.1 Å². The number of carbonyl (C=O) groups is 1. The smallest absolute Gasteiger partial charge is 0.231 e. The highest BCUT2D eigenvalue weighted by molar-refractivity contribution is 5.75. The lowest BCUT2D eigenvalue weighted by molar-refractivity contribution is -0.121. The van der Waals surface area contributed by atoms with Gasteiger partial charge in [-0.25, -0.2) is 9.97 Å². The third-order valence-corrected chi connectivity index (χ3v) is 7.48. The number of carbonyl (C=O) groups excluding carboxylic acids is 1. The highest BCUT2D eigenvalue weighted by Crippen LogP contribution is 2.33. The Morgan fingerprint density at radius 1 is 1.41 bits per heavy atom. The summed E-state index contributed by atoms with van der Waals surface area (Å²) < 4.78 is 21.5. The number of rotatable bonds is 9. The summed E-state index contributed by atoms with van der Waals surface area (Å²) in [5.41, 5.74) is 4.14. The molecule has 2 aliphatic rings. The van der Waals surface area contributed by atoms with Crippen LogP contribution >= 0.6 is 0 Å². The number of ether oxygens (including phenoxy) is 1. The van der Waals surface area contributed by atoms with Gasteiger partial charge in [-0.1, -0.05) is 0 Å². The lowest BCUT2D eigenvalue weighted by Gasteiger charge is -2.42. The van der Waals surface area contributed by atoms with Crippen molar-refractivity contribution >= 4 is 17.5 Å². The molecule has 3 rings (SSSR count). The zero-order chi connectivity index (χ0) is 25.1. The van der Waals surface area contributed by atoms with Crippen LogP contribution < -0.4 is 16.0 Å². The molecule has 2 fully saturated rings. The second kappa shape index (κ2) is 10.7. The van der Waals surface area contributed by atoms with Crippen molar-refractivity contribution < 1.29 is 19.0 Å². The van der Waals surface area contributed by atoms with Crippen molar-refractivity contribution in [3.05, 3.63) is 12.1 Å². The molecule has 9 nitrogen and oxygen atoms in total. The van der Waals surface area contributed by atoms with Gasteiger partial charge in [-0.05, 0) is 60.4 Å². The maximum atomic E-state index is 15.5. The summed E-state index contributed by atoms with van der Waals surface area (Å²) in [6, 6.07) is 0.0636. The zero-order valence-corrected chi connectivity index (χ0v) is 21.2. The maximum absolute atomic E-state index is 15.5. The fourth-order valence-electron chi connectivity index (χ4n) is 5.18. The van der Waals surface area contributed by atoms with Gasteiger partial charge in [0, 0.05) is 37.5 Å². The first-order chi connectivity index (χ1) is 15.9. The fourth-order valence-corrected chi connectivity index (χ4v) is 5.18. The van der Waals surface area contributed by atoms with Crippen LogP contribution in [-0.4, -0.2) is 82.5 Å². The number of aliphatic hydroxyl groups is 1. The lowest BCUT2D eigenvalue weighted by Crippen LogP contribution is -2.55. The summed E-state index contributed by atoms with van der Waals surface area (Å²) in [6.07, 6.45) is 4.02. The second-order valence-electron chi connectivity index (χ2n) is 10.7. The van der Waals surface area contributed by atoms with E-state index in [1.165, 1.54) is 6.33 Å². The van der Waals surface area contributed by atoms with E-state index < -0.39 is 17.3 Å². The van der Waals surface area contributed by atoms with Crippen LogP contribution in [0.3, 0.4) is 0 Å².